The fourth-order valence-corrected chi connectivity index (χ4v) is 3.23. The molecule has 0 aliphatic carbocycles. The molecule has 2 aromatic heterocycles. The van der Waals surface area contributed by atoms with Gasteiger partial charge in [-0.3, -0.25) is 9.58 Å². The van der Waals surface area contributed by atoms with Crippen LogP contribution in [0.2, 0.25) is 0 Å². The van der Waals surface area contributed by atoms with Crippen molar-refractivity contribution in [3.8, 4) is 0 Å². The molecule has 6 nitrogen and oxygen atoms in total. The van der Waals surface area contributed by atoms with Crippen molar-refractivity contribution in [2.45, 2.75) is 46.7 Å². The van der Waals surface area contributed by atoms with Crippen LogP contribution < -0.4 is 4.90 Å². The van der Waals surface area contributed by atoms with Crippen molar-refractivity contribution in [3.05, 3.63) is 35.5 Å². The highest BCUT2D eigenvalue weighted by Gasteiger charge is 2.17. The fraction of sp³-hybridized carbons (Fsp3) is 0.611. The lowest BCUT2D eigenvalue weighted by atomic mass is 10.3. The van der Waals surface area contributed by atoms with Gasteiger partial charge in [-0.05, 0) is 26.7 Å². The summed E-state index contributed by atoms with van der Waals surface area (Å²) < 4.78 is 2.00. The molecule has 2 aromatic rings. The van der Waals surface area contributed by atoms with Crippen LogP contribution in [0.3, 0.4) is 0 Å². The largest absolute Gasteiger partial charge is 0.355 e. The first-order valence-electron chi connectivity index (χ1n) is 9.01. The highest BCUT2D eigenvalue weighted by atomic mass is 15.3. The molecule has 0 unspecified atom stereocenters. The van der Waals surface area contributed by atoms with E-state index in [2.05, 4.69) is 51.0 Å². The zero-order valence-electron chi connectivity index (χ0n) is 15.1. The quantitative estimate of drug-likeness (QED) is 0.843. The van der Waals surface area contributed by atoms with Crippen molar-refractivity contribution < 1.29 is 0 Å². The minimum Gasteiger partial charge on any atom is -0.355 e. The van der Waals surface area contributed by atoms with Crippen LogP contribution in [0.15, 0.2) is 18.5 Å². The predicted octanol–water partition coefficient (Wildman–Crippen LogP) is 2.28. The third kappa shape index (κ3) is 4.12. The van der Waals surface area contributed by atoms with Gasteiger partial charge in [0.15, 0.2) is 0 Å². The van der Waals surface area contributed by atoms with Gasteiger partial charge in [0.05, 0.1) is 6.20 Å². The van der Waals surface area contributed by atoms with Gasteiger partial charge in [-0.25, -0.2) is 9.97 Å². The van der Waals surface area contributed by atoms with E-state index in [4.69, 9.17) is 0 Å². The zero-order valence-corrected chi connectivity index (χ0v) is 15.1. The van der Waals surface area contributed by atoms with Gasteiger partial charge in [0, 0.05) is 62.8 Å². The Hall–Kier alpha value is -1.95. The minimum absolute atomic E-state index is 0.873. The average molecular weight is 328 g/mol. The molecule has 1 aliphatic rings. The number of hydrogen-bond donors (Lipinski definition) is 0. The van der Waals surface area contributed by atoms with Gasteiger partial charge >= 0.3 is 0 Å². The Bertz CT molecular complexity index is 665. The normalized spacial score (nSPS) is 16.4. The van der Waals surface area contributed by atoms with Crippen LogP contribution in [-0.4, -0.2) is 50.8 Å². The standard InChI is InChI=1S/C18H28N6/c1-4-17-11-18(21-15(3)20-17)23-8-6-7-22(9-10-23)13-16-12-19-24(5-2)14-16/h11-12,14H,4-10,13H2,1-3H3. The third-order valence-corrected chi connectivity index (χ3v) is 4.57. The SMILES string of the molecule is CCc1cc(N2CCCN(Cc3cnn(CC)c3)CC2)nc(C)n1. The molecule has 0 saturated carbocycles. The van der Waals surface area contributed by atoms with E-state index in [-0.39, 0.29) is 0 Å². The summed E-state index contributed by atoms with van der Waals surface area (Å²) in [5.74, 6) is 1.96. The molecule has 130 valence electrons. The van der Waals surface area contributed by atoms with Crippen LogP contribution >= 0.6 is 0 Å². The van der Waals surface area contributed by atoms with Crippen molar-refractivity contribution in [3.63, 3.8) is 0 Å². The van der Waals surface area contributed by atoms with Gasteiger partial charge in [0.2, 0.25) is 0 Å². The van der Waals surface area contributed by atoms with E-state index in [0.717, 1.165) is 69.4 Å². The number of aromatic nitrogens is 4. The lowest BCUT2D eigenvalue weighted by Crippen LogP contribution is -2.31. The summed E-state index contributed by atoms with van der Waals surface area (Å²) in [6, 6.07) is 2.15. The molecule has 3 heterocycles. The summed E-state index contributed by atoms with van der Waals surface area (Å²) >= 11 is 0. The first-order valence-corrected chi connectivity index (χ1v) is 9.01. The molecule has 1 aliphatic heterocycles. The average Bonchev–Trinajstić information content (AvgIpc) is 2.91. The summed E-state index contributed by atoms with van der Waals surface area (Å²) in [6.07, 6.45) is 6.27. The van der Waals surface area contributed by atoms with Gasteiger partial charge < -0.3 is 4.90 Å². The maximum absolute atomic E-state index is 4.65. The molecule has 3 rings (SSSR count). The number of rotatable bonds is 5. The van der Waals surface area contributed by atoms with Gasteiger partial charge in [-0.1, -0.05) is 6.92 Å². The van der Waals surface area contributed by atoms with E-state index in [1.54, 1.807) is 0 Å². The molecule has 0 spiro atoms. The van der Waals surface area contributed by atoms with Crippen molar-refractivity contribution in [2.75, 3.05) is 31.1 Å². The second-order valence-electron chi connectivity index (χ2n) is 6.44. The van der Waals surface area contributed by atoms with Crippen LogP contribution in [0.5, 0.6) is 0 Å². The predicted molar refractivity (Wildman–Crippen MR) is 96.2 cm³/mol. The Labute approximate surface area is 144 Å². The molecule has 24 heavy (non-hydrogen) atoms. The lowest BCUT2D eigenvalue weighted by molar-refractivity contribution is 0.285. The van der Waals surface area contributed by atoms with Crippen LogP contribution in [0.4, 0.5) is 5.82 Å². The van der Waals surface area contributed by atoms with Crippen LogP contribution in [0.25, 0.3) is 0 Å². The fourth-order valence-electron chi connectivity index (χ4n) is 3.23. The van der Waals surface area contributed by atoms with Crippen molar-refractivity contribution >= 4 is 5.82 Å². The second kappa shape index (κ2) is 7.75. The third-order valence-electron chi connectivity index (χ3n) is 4.57. The van der Waals surface area contributed by atoms with Crippen molar-refractivity contribution in [2.24, 2.45) is 0 Å². The Morgan fingerprint density at radius 3 is 2.71 bits per heavy atom. The first-order chi connectivity index (χ1) is 11.7. The van der Waals surface area contributed by atoms with Gasteiger partial charge in [0.1, 0.15) is 11.6 Å². The highest BCUT2D eigenvalue weighted by Crippen LogP contribution is 2.17. The summed E-state index contributed by atoms with van der Waals surface area (Å²) in [6.45, 7) is 12.4. The van der Waals surface area contributed by atoms with E-state index in [1.165, 1.54) is 5.56 Å². The van der Waals surface area contributed by atoms with E-state index in [0.29, 0.717) is 0 Å². The molecule has 0 N–H and O–H groups in total. The number of nitrogens with zero attached hydrogens (tertiary/aromatic N) is 6. The van der Waals surface area contributed by atoms with Crippen LogP contribution in [0, 0.1) is 6.92 Å². The number of aryl methyl sites for hydroxylation is 3. The summed E-state index contributed by atoms with van der Waals surface area (Å²) in [5, 5.41) is 4.38. The summed E-state index contributed by atoms with van der Waals surface area (Å²) in [5.41, 5.74) is 2.43. The molecule has 0 aromatic carbocycles. The smallest absolute Gasteiger partial charge is 0.132 e. The zero-order chi connectivity index (χ0) is 16.9. The van der Waals surface area contributed by atoms with Crippen LogP contribution in [0.1, 0.15) is 37.4 Å². The Morgan fingerprint density at radius 1 is 1.08 bits per heavy atom. The topological polar surface area (TPSA) is 50.1 Å². The van der Waals surface area contributed by atoms with Crippen molar-refractivity contribution in [1.29, 1.82) is 0 Å². The molecule has 1 fully saturated rings. The van der Waals surface area contributed by atoms with Gasteiger partial charge in [0.25, 0.3) is 0 Å². The monoisotopic (exact) mass is 328 g/mol. The second-order valence-corrected chi connectivity index (χ2v) is 6.44. The number of hydrogen-bond acceptors (Lipinski definition) is 5. The van der Waals surface area contributed by atoms with Gasteiger partial charge in [-0.2, -0.15) is 5.10 Å². The Balaban J connectivity index is 1.63. The van der Waals surface area contributed by atoms with Gasteiger partial charge in [-0.15, -0.1) is 0 Å². The maximum Gasteiger partial charge on any atom is 0.132 e. The molecule has 1 saturated heterocycles. The van der Waals surface area contributed by atoms with Crippen molar-refractivity contribution in [1.82, 2.24) is 24.6 Å². The highest BCUT2D eigenvalue weighted by molar-refractivity contribution is 5.40. The summed E-state index contributed by atoms with van der Waals surface area (Å²) in [4.78, 5) is 14.1. The van der Waals surface area contributed by atoms with Crippen LogP contribution in [-0.2, 0) is 19.5 Å². The molecule has 0 bridgehead atoms. The molecular formula is C18H28N6. The molecule has 0 radical (unpaired) electrons. The Morgan fingerprint density at radius 2 is 1.96 bits per heavy atom. The van der Waals surface area contributed by atoms with E-state index in [1.807, 2.05) is 17.8 Å². The minimum atomic E-state index is 0.873. The number of anilines is 1. The molecule has 0 amide bonds. The molecule has 0 atom stereocenters. The molecular weight excluding hydrogens is 300 g/mol. The Kier molecular flexibility index (Phi) is 5.45. The molecule has 6 heteroatoms. The van der Waals surface area contributed by atoms with E-state index >= 15 is 0 Å². The lowest BCUT2D eigenvalue weighted by Gasteiger charge is -2.23. The summed E-state index contributed by atoms with van der Waals surface area (Å²) in [7, 11) is 0. The van der Waals surface area contributed by atoms with E-state index < -0.39 is 0 Å². The maximum atomic E-state index is 4.65. The van der Waals surface area contributed by atoms with E-state index in [9.17, 15) is 0 Å². The first kappa shape index (κ1) is 16.9.